The number of rotatable bonds is 2. The molecule has 3 nitrogen and oxygen atoms in total. The van der Waals surface area contributed by atoms with Gasteiger partial charge in [-0.05, 0) is 29.1 Å². The van der Waals surface area contributed by atoms with Crippen molar-refractivity contribution in [2.45, 2.75) is 0 Å². The van der Waals surface area contributed by atoms with Crippen LogP contribution in [0.3, 0.4) is 0 Å². The molecule has 3 aromatic rings. The first-order chi connectivity index (χ1) is 10.1. The zero-order chi connectivity index (χ0) is 15.0. The van der Waals surface area contributed by atoms with E-state index < -0.39 is 5.97 Å². The molecule has 0 unspecified atom stereocenters. The van der Waals surface area contributed by atoms with Crippen molar-refractivity contribution >= 4 is 39.9 Å². The van der Waals surface area contributed by atoms with Crippen LogP contribution in [0.15, 0.2) is 48.5 Å². The molecular formula is C16H9Cl2NO2. The second-order valence-electron chi connectivity index (χ2n) is 4.51. The number of carbonyl (C=O) groups is 1. The molecule has 0 radical (unpaired) electrons. The lowest BCUT2D eigenvalue weighted by molar-refractivity contribution is 0.0693. The lowest BCUT2D eigenvalue weighted by Gasteiger charge is -2.08. The smallest absolute Gasteiger partial charge is 0.355 e. The number of carboxylic acids is 1. The van der Waals surface area contributed by atoms with Crippen molar-refractivity contribution < 1.29 is 9.90 Å². The van der Waals surface area contributed by atoms with Gasteiger partial charge in [-0.25, -0.2) is 9.78 Å². The van der Waals surface area contributed by atoms with Gasteiger partial charge in [0.05, 0.1) is 0 Å². The summed E-state index contributed by atoms with van der Waals surface area (Å²) in [6.07, 6.45) is 0. The molecule has 2 aromatic carbocycles. The van der Waals surface area contributed by atoms with E-state index in [1.54, 1.807) is 18.2 Å². The van der Waals surface area contributed by atoms with Crippen LogP contribution in [0.2, 0.25) is 10.2 Å². The lowest BCUT2D eigenvalue weighted by Crippen LogP contribution is -2.01. The number of pyridine rings is 1. The first kappa shape index (κ1) is 13.9. The maximum Gasteiger partial charge on any atom is 0.355 e. The maximum absolute atomic E-state index is 11.3. The molecular weight excluding hydrogens is 309 g/mol. The van der Waals surface area contributed by atoms with Crippen molar-refractivity contribution in [1.82, 2.24) is 4.98 Å². The van der Waals surface area contributed by atoms with E-state index in [-0.39, 0.29) is 10.8 Å². The number of hydrogen-bond donors (Lipinski definition) is 1. The van der Waals surface area contributed by atoms with Crippen molar-refractivity contribution in [2.24, 2.45) is 0 Å². The maximum atomic E-state index is 11.3. The molecule has 0 spiro atoms. The molecule has 3 rings (SSSR count). The van der Waals surface area contributed by atoms with E-state index >= 15 is 0 Å². The quantitative estimate of drug-likeness (QED) is 0.683. The molecule has 0 saturated heterocycles. The second kappa shape index (κ2) is 5.35. The van der Waals surface area contributed by atoms with Crippen LogP contribution in [0.25, 0.3) is 21.9 Å². The zero-order valence-electron chi connectivity index (χ0n) is 10.7. The van der Waals surface area contributed by atoms with Crippen molar-refractivity contribution in [1.29, 1.82) is 0 Å². The highest BCUT2D eigenvalue weighted by Gasteiger charge is 2.13. The first-order valence-electron chi connectivity index (χ1n) is 6.15. The number of nitrogens with zero attached hydrogens (tertiary/aromatic N) is 1. The fraction of sp³-hybridized carbons (Fsp3) is 0. The van der Waals surface area contributed by atoms with Gasteiger partial charge in [-0.3, -0.25) is 0 Å². The van der Waals surface area contributed by atoms with Crippen LogP contribution in [0.5, 0.6) is 0 Å². The van der Waals surface area contributed by atoms with Gasteiger partial charge in [0.2, 0.25) is 0 Å². The molecule has 0 atom stereocenters. The fourth-order valence-electron chi connectivity index (χ4n) is 2.24. The summed E-state index contributed by atoms with van der Waals surface area (Å²) in [5.74, 6) is -1.11. The van der Waals surface area contributed by atoms with Crippen molar-refractivity contribution in [2.75, 3.05) is 0 Å². The predicted octanol–water partition coefficient (Wildman–Crippen LogP) is 4.91. The monoisotopic (exact) mass is 317 g/mol. The molecule has 0 amide bonds. The average molecular weight is 318 g/mol. The standard InChI is InChI=1S/C16H9Cl2NO2/c17-13-4-2-1-3-11(13)9-5-6-10-8-14(18)19-15(16(20)21)12(10)7-9/h1-8H,(H,20,21). The largest absolute Gasteiger partial charge is 0.476 e. The van der Waals surface area contributed by atoms with E-state index in [0.29, 0.717) is 10.4 Å². The SMILES string of the molecule is O=C(O)c1nc(Cl)cc2ccc(-c3ccccc3Cl)cc12. The number of hydrogen-bond acceptors (Lipinski definition) is 2. The summed E-state index contributed by atoms with van der Waals surface area (Å²) in [6.45, 7) is 0. The summed E-state index contributed by atoms with van der Waals surface area (Å²) >= 11 is 12.0. The van der Waals surface area contributed by atoms with Crippen molar-refractivity contribution in [3.8, 4) is 11.1 Å². The van der Waals surface area contributed by atoms with Crippen molar-refractivity contribution in [3.05, 3.63) is 64.4 Å². The summed E-state index contributed by atoms with van der Waals surface area (Å²) in [5, 5.41) is 11.3. The highest BCUT2D eigenvalue weighted by molar-refractivity contribution is 6.33. The molecule has 104 valence electrons. The Labute approximate surface area is 130 Å². The molecule has 1 heterocycles. The Morgan fingerprint density at radius 2 is 1.81 bits per heavy atom. The average Bonchev–Trinajstić information content (AvgIpc) is 2.46. The number of carboxylic acid groups (broad SMARTS) is 1. The molecule has 0 aliphatic heterocycles. The van der Waals surface area contributed by atoms with Crippen LogP contribution in [0, 0.1) is 0 Å². The van der Waals surface area contributed by atoms with Crippen LogP contribution < -0.4 is 0 Å². The van der Waals surface area contributed by atoms with Crippen molar-refractivity contribution in [3.63, 3.8) is 0 Å². The van der Waals surface area contributed by atoms with Gasteiger partial charge >= 0.3 is 5.97 Å². The van der Waals surface area contributed by atoms with Crippen LogP contribution in [0.1, 0.15) is 10.5 Å². The molecule has 0 fully saturated rings. The summed E-state index contributed by atoms with van der Waals surface area (Å²) in [6, 6.07) is 14.5. The van der Waals surface area contributed by atoms with E-state index in [9.17, 15) is 9.90 Å². The predicted molar refractivity (Wildman–Crippen MR) is 84.2 cm³/mol. The molecule has 0 saturated carbocycles. The third-order valence-corrected chi connectivity index (χ3v) is 3.71. The van der Waals surface area contributed by atoms with Gasteiger partial charge < -0.3 is 5.11 Å². The fourth-order valence-corrected chi connectivity index (χ4v) is 2.69. The van der Waals surface area contributed by atoms with Gasteiger partial charge in [0.1, 0.15) is 5.15 Å². The van der Waals surface area contributed by atoms with Crippen LogP contribution >= 0.6 is 23.2 Å². The number of fused-ring (bicyclic) bond motifs is 1. The number of benzene rings is 2. The molecule has 1 aromatic heterocycles. The molecule has 21 heavy (non-hydrogen) atoms. The summed E-state index contributed by atoms with van der Waals surface area (Å²) in [5.41, 5.74) is 1.61. The summed E-state index contributed by atoms with van der Waals surface area (Å²) in [7, 11) is 0. The first-order valence-corrected chi connectivity index (χ1v) is 6.90. The summed E-state index contributed by atoms with van der Waals surface area (Å²) < 4.78 is 0. The third kappa shape index (κ3) is 2.58. The Bertz CT molecular complexity index is 862. The minimum Gasteiger partial charge on any atom is -0.476 e. The number of aromatic nitrogens is 1. The molecule has 0 aliphatic carbocycles. The molecule has 5 heteroatoms. The molecule has 0 bridgehead atoms. The Hall–Kier alpha value is -2.10. The van der Waals surface area contributed by atoms with Gasteiger partial charge in [-0.1, -0.05) is 53.5 Å². The highest BCUT2D eigenvalue weighted by Crippen LogP contribution is 2.31. The van der Waals surface area contributed by atoms with Crippen LogP contribution in [-0.2, 0) is 0 Å². The van der Waals surface area contributed by atoms with Crippen LogP contribution in [-0.4, -0.2) is 16.1 Å². The zero-order valence-corrected chi connectivity index (χ0v) is 12.2. The normalized spacial score (nSPS) is 10.8. The summed E-state index contributed by atoms with van der Waals surface area (Å²) in [4.78, 5) is 15.2. The molecule has 1 N–H and O–H groups in total. The van der Waals surface area contributed by atoms with Crippen LogP contribution in [0.4, 0.5) is 0 Å². The lowest BCUT2D eigenvalue weighted by atomic mass is 10.0. The van der Waals surface area contributed by atoms with Gasteiger partial charge in [0.25, 0.3) is 0 Å². The van der Waals surface area contributed by atoms with Gasteiger partial charge in [0.15, 0.2) is 5.69 Å². The van der Waals surface area contributed by atoms with E-state index in [1.165, 1.54) is 0 Å². The topological polar surface area (TPSA) is 50.2 Å². The van der Waals surface area contributed by atoms with Gasteiger partial charge in [0, 0.05) is 16.0 Å². The minimum absolute atomic E-state index is 0.0635. The van der Waals surface area contributed by atoms with Gasteiger partial charge in [-0.2, -0.15) is 0 Å². The third-order valence-electron chi connectivity index (χ3n) is 3.19. The van der Waals surface area contributed by atoms with E-state index in [4.69, 9.17) is 23.2 Å². The number of halogens is 2. The Morgan fingerprint density at radius 3 is 2.52 bits per heavy atom. The number of aromatic carboxylic acids is 1. The Balaban J connectivity index is 2.29. The molecule has 0 aliphatic rings. The van der Waals surface area contributed by atoms with Gasteiger partial charge in [-0.15, -0.1) is 0 Å². The minimum atomic E-state index is -1.11. The second-order valence-corrected chi connectivity index (χ2v) is 5.31. The Kier molecular flexibility index (Phi) is 3.53. The Morgan fingerprint density at radius 1 is 1.05 bits per heavy atom. The van der Waals surface area contributed by atoms with E-state index in [0.717, 1.165) is 16.5 Å². The van der Waals surface area contributed by atoms with E-state index in [1.807, 2.05) is 30.3 Å². The highest BCUT2D eigenvalue weighted by atomic mass is 35.5. The van der Waals surface area contributed by atoms with E-state index in [2.05, 4.69) is 4.98 Å².